The molecule has 0 unspecified atom stereocenters. The van der Waals surface area contributed by atoms with Crippen LogP contribution in [-0.4, -0.2) is 31.1 Å². The highest BCUT2D eigenvalue weighted by atomic mass is 32.1. The van der Waals surface area contributed by atoms with Crippen LogP contribution in [-0.2, 0) is 10.2 Å². The highest BCUT2D eigenvalue weighted by Gasteiger charge is 2.53. The number of amides is 1. The smallest absolute Gasteiger partial charge is 0.236 e. The van der Waals surface area contributed by atoms with Crippen molar-refractivity contribution in [2.45, 2.75) is 37.0 Å². The Bertz CT molecular complexity index is 764. The van der Waals surface area contributed by atoms with Crippen molar-refractivity contribution in [2.24, 2.45) is 0 Å². The van der Waals surface area contributed by atoms with Crippen LogP contribution >= 0.6 is 11.3 Å². The van der Waals surface area contributed by atoms with Gasteiger partial charge in [0.25, 0.3) is 0 Å². The number of hydrogen-bond donors (Lipinski definition) is 2. The van der Waals surface area contributed by atoms with Gasteiger partial charge in [-0.25, -0.2) is 4.98 Å². The first kappa shape index (κ1) is 16.5. The van der Waals surface area contributed by atoms with E-state index in [0.717, 1.165) is 50.1 Å². The molecule has 4 rings (SSSR count). The number of methoxy groups -OCH3 is 1. The lowest BCUT2D eigenvalue weighted by atomic mass is 9.94. The van der Waals surface area contributed by atoms with Crippen LogP contribution in [0.25, 0.3) is 0 Å². The number of ether oxygens (including phenoxy) is 1. The predicted molar refractivity (Wildman–Crippen MR) is 99.5 cm³/mol. The van der Waals surface area contributed by atoms with Gasteiger partial charge >= 0.3 is 0 Å². The highest BCUT2D eigenvalue weighted by Crippen LogP contribution is 2.52. The first-order valence-electron chi connectivity index (χ1n) is 8.84. The first-order valence-corrected chi connectivity index (χ1v) is 9.66. The number of hydrogen-bond acceptors (Lipinski definition) is 5. The van der Waals surface area contributed by atoms with Gasteiger partial charge in [0, 0.05) is 16.6 Å². The minimum absolute atomic E-state index is 0.0308. The molecule has 0 atom stereocenters. The molecule has 6 heteroatoms. The summed E-state index contributed by atoms with van der Waals surface area (Å²) in [6.45, 7) is 2.11. The van der Waals surface area contributed by atoms with Crippen molar-refractivity contribution in [2.75, 3.05) is 25.5 Å². The molecule has 0 radical (unpaired) electrons. The molecular weight excluding hydrogens is 334 g/mol. The molecule has 2 N–H and O–H groups in total. The van der Waals surface area contributed by atoms with Crippen LogP contribution in [0, 0.1) is 0 Å². The second kappa shape index (κ2) is 6.77. The molecule has 1 aromatic carbocycles. The van der Waals surface area contributed by atoms with E-state index in [-0.39, 0.29) is 5.91 Å². The van der Waals surface area contributed by atoms with E-state index in [1.807, 2.05) is 30.5 Å². The summed E-state index contributed by atoms with van der Waals surface area (Å²) in [5, 5.41) is 7.14. The van der Waals surface area contributed by atoms with E-state index in [0.29, 0.717) is 11.0 Å². The molecule has 5 nitrogen and oxygen atoms in total. The Morgan fingerprint density at radius 3 is 2.80 bits per heavy atom. The van der Waals surface area contributed by atoms with E-state index in [1.165, 1.54) is 4.88 Å². The van der Waals surface area contributed by atoms with Gasteiger partial charge in [-0.3, -0.25) is 4.79 Å². The van der Waals surface area contributed by atoms with Crippen LogP contribution in [0.2, 0.25) is 0 Å². The molecule has 1 amide bonds. The zero-order chi connectivity index (χ0) is 17.3. The third kappa shape index (κ3) is 3.16. The van der Waals surface area contributed by atoms with Crippen molar-refractivity contribution < 1.29 is 9.53 Å². The number of rotatable bonds is 5. The second-order valence-electron chi connectivity index (χ2n) is 6.83. The number of piperidine rings is 1. The average Bonchev–Trinajstić information content (AvgIpc) is 3.35. The van der Waals surface area contributed by atoms with Gasteiger partial charge in [0.2, 0.25) is 5.91 Å². The maximum atomic E-state index is 12.9. The van der Waals surface area contributed by atoms with Crippen molar-refractivity contribution in [3.05, 3.63) is 40.9 Å². The number of anilines is 1. The fraction of sp³-hybridized carbons (Fsp3) is 0.474. The third-order valence-electron chi connectivity index (χ3n) is 5.29. The maximum Gasteiger partial charge on any atom is 0.236 e. The Labute approximate surface area is 151 Å². The normalized spacial score (nSPS) is 19.4. The number of para-hydroxylation sites is 1. The number of carbonyl (C=O) groups excluding carboxylic acids is 1. The maximum absolute atomic E-state index is 12.9. The van der Waals surface area contributed by atoms with E-state index >= 15 is 0 Å². The van der Waals surface area contributed by atoms with Crippen LogP contribution in [0.1, 0.15) is 42.0 Å². The lowest BCUT2D eigenvalue weighted by molar-refractivity contribution is -0.118. The Balaban J connectivity index is 1.49. The van der Waals surface area contributed by atoms with Crippen LogP contribution < -0.4 is 15.4 Å². The Morgan fingerprint density at radius 2 is 2.08 bits per heavy atom. The summed E-state index contributed by atoms with van der Waals surface area (Å²) < 4.78 is 5.46. The van der Waals surface area contributed by atoms with E-state index < -0.39 is 5.41 Å². The minimum atomic E-state index is -0.465. The molecule has 0 spiro atoms. The van der Waals surface area contributed by atoms with Gasteiger partial charge in [-0.1, -0.05) is 18.2 Å². The first-order chi connectivity index (χ1) is 12.2. The minimum Gasteiger partial charge on any atom is -0.496 e. The molecule has 1 aliphatic carbocycles. The highest BCUT2D eigenvalue weighted by molar-refractivity contribution is 7.15. The van der Waals surface area contributed by atoms with Crippen molar-refractivity contribution in [3.8, 4) is 5.75 Å². The van der Waals surface area contributed by atoms with Crippen molar-refractivity contribution in [3.63, 3.8) is 0 Å². The summed E-state index contributed by atoms with van der Waals surface area (Å²) in [5.41, 5.74) is 0.512. The number of nitrogens with zero attached hydrogens (tertiary/aromatic N) is 1. The van der Waals surface area contributed by atoms with Crippen molar-refractivity contribution >= 4 is 22.4 Å². The van der Waals surface area contributed by atoms with Gasteiger partial charge in [-0.15, -0.1) is 11.3 Å². The van der Waals surface area contributed by atoms with Gasteiger partial charge in [-0.2, -0.15) is 0 Å². The molecule has 1 aromatic heterocycles. The van der Waals surface area contributed by atoms with E-state index in [9.17, 15) is 4.79 Å². The summed E-state index contributed by atoms with van der Waals surface area (Å²) >= 11 is 1.61. The van der Waals surface area contributed by atoms with Crippen LogP contribution in [0.4, 0.5) is 5.13 Å². The fourth-order valence-electron chi connectivity index (χ4n) is 3.64. The van der Waals surface area contributed by atoms with Crippen LogP contribution in [0.5, 0.6) is 5.75 Å². The lowest BCUT2D eigenvalue weighted by Gasteiger charge is -2.20. The number of carbonyl (C=O) groups is 1. The zero-order valence-electron chi connectivity index (χ0n) is 14.4. The predicted octanol–water partition coefficient (Wildman–Crippen LogP) is 3.29. The van der Waals surface area contributed by atoms with Crippen LogP contribution in [0.15, 0.2) is 30.5 Å². The largest absolute Gasteiger partial charge is 0.496 e. The van der Waals surface area contributed by atoms with Crippen molar-refractivity contribution in [1.29, 1.82) is 0 Å². The van der Waals surface area contributed by atoms with E-state index in [1.54, 1.807) is 18.4 Å². The number of thiazole rings is 1. The summed E-state index contributed by atoms with van der Waals surface area (Å²) in [5.74, 6) is 1.38. The Hall–Kier alpha value is -1.92. The molecule has 2 aliphatic rings. The SMILES string of the molecule is COc1ccccc1C1(C(=O)Nc2ncc(C3CCNCC3)s2)CC1. The van der Waals surface area contributed by atoms with Crippen molar-refractivity contribution in [1.82, 2.24) is 10.3 Å². The molecular formula is C19H23N3O2S. The second-order valence-corrected chi connectivity index (χ2v) is 7.89. The summed E-state index contributed by atoms with van der Waals surface area (Å²) in [7, 11) is 1.65. The average molecular weight is 357 g/mol. The lowest BCUT2D eigenvalue weighted by Crippen LogP contribution is -2.28. The fourth-order valence-corrected chi connectivity index (χ4v) is 4.62. The van der Waals surface area contributed by atoms with Gasteiger partial charge in [0.05, 0.1) is 12.5 Å². The number of nitrogens with one attached hydrogen (secondary N) is 2. The quantitative estimate of drug-likeness (QED) is 0.862. The number of benzene rings is 1. The molecule has 1 saturated heterocycles. The Kier molecular flexibility index (Phi) is 4.48. The van der Waals surface area contributed by atoms with Gasteiger partial charge in [0.15, 0.2) is 5.13 Å². The topological polar surface area (TPSA) is 63.2 Å². The summed E-state index contributed by atoms with van der Waals surface area (Å²) in [6, 6.07) is 7.81. The van der Waals surface area contributed by atoms with E-state index in [2.05, 4.69) is 15.6 Å². The van der Waals surface area contributed by atoms with Crippen LogP contribution in [0.3, 0.4) is 0 Å². The zero-order valence-corrected chi connectivity index (χ0v) is 15.2. The standard InChI is InChI=1S/C19H23N3O2S/c1-24-15-5-3-2-4-14(15)19(8-9-19)17(23)22-18-21-12-16(25-18)13-6-10-20-11-7-13/h2-5,12-13,20H,6-11H2,1H3,(H,21,22,23). The van der Waals surface area contributed by atoms with Gasteiger partial charge in [-0.05, 0) is 50.8 Å². The van der Waals surface area contributed by atoms with E-state index in [4.69, 9.17) is 4.74 Å². The summed E-state index contributed by atoms with van der Waals surface area (Å²) in [4.78, 5) is 18.7. The molecule has 132 valence electrons. The monoisotopic (exact) mass is 357 g/mol. The summed E-state index contributed by atoms with van der Waals surface area (Å²) in [6.07, 6.45) is 5.91. The molecule has 1 saturated carbocycles. The molecule has 2 aromatic rings. The molecule has 2 heterocycles. The molecule has 1 aliphatic heterocycles. The molecule has 25 heavy (non-hydrogen) atoms. The number of aromatic nitrogens is 1. The van der Waals surface area contributed by atoms with Gasteiger partial charge < -0.3 is 15.4 Å². The Morgan fingerprint density at radius 1 is 1.32 bits per heavy atom. The molecule has 2 fully saturated rings. The third-order valence-corrected chi connectivity index (χ3v) is 6.37. The van der Waals surface area contributed by atoms with Gasteiger partial charge in [0.1, 0.15) is 5.75 Å². The molecule has 0 bridgehead atoms.